The van der Waals surface area contributed by atoms with Crippen molar-refractivity contribution in [1.29, 1.82) is 0 Å². The Kier molecular flexibility index (Phi) is 10.4. The molecule has 1 aliphatic heterocycles. The smallest absolute Gasteiger partial charge is 0.145 e. The van der Waals surface area contributed by atoms with Crippen LogP contribution in [0.5, 0.6) is 11.5 Å². The molecule has 1 saturated heterocycles. The number of aromatic hydroxyl groups is 1. The van der Waals surface area contributed by atoms with Crippen molar-refractivity contribution in [1.82, 2.24) is 15.2 Å². The van der Waals surface area contributed by atoms with Crippen molar-refractivity contribution in [3.8, 4) is 11.5 Å². The highest BCUT2D eigenvalue weighted by atomic mass is 16.5. The number of benzene rings is 1. The normalized spacial score (nSPS) is 14.5. The fraction of sp³-hybridized carbons (Fsp3) is 0.577. The third-order valence-corrected chi connectivity index (χ3v) is 5.99. The van der Waals surface area contributed by atoms with Crippen molar-refractivity contribution in [2.24, 2.45) is 0 Å². The second-order valence-electron chi connectivity index (χ2n) is 8.63. The van der Waals surface area contributed by atoms with Crippen LogP contribution in [0.2, 0.25) is 0 Å². The Morgan fingerprint density at radius 1 is 1.09 bits per heavy atom. The van der Waals surface area contributed by atoms with Gasteiger partial charge >= 0.3 is 0 Å². The van der Waals surface area contributed by atoms with E-state index in [-0.39, 0.29) is 12.4 Å². The molecule has 0 saturated carbocycles. The Bertz CT molecular complexity index is 852. The highest BCUT2D eigenvalue weighted by Crippen LogP contribution is 2.31. The van der Waals surface area contributed by atoms with E-state index in [2.05, 4.69) is 17.1 Å². The average Bonchev–Trinajstić information content (AvgIpc) is 2.82. The van der Waals surface area contributed by atoms with Crippen molar-refractivity contribution < 1.29 is 19.7 Å². The molecule has 1 aromatic carbocycles. The Morgan fingerprint density at radius 2 is 1.85 bits per heavy atom. The van der Waals surface area contributed by atoms with Crippen LogP contribution in [0.4, 0.5) is 0 Å². The molecule has 1 aliphatic rings. The lowest BCUT2D eigenvalue weighted by molar-refractivity contribution is 0.0335. The van der Waals surface area contributed by atoms with Gasteiger partial charge in [0.1, 0.15) is 11.5 Å². The third kappa shape index (κ3) is 7.67. The zero-order chi connectivity index (χ0) is 23.5. The van der Waals surface area contributed by atoms with Gasteiger partial charge in [0, 0.05) is 37.2 Å². The number of ether oxygens (including phenoxy) is 2. The van der Waals surface area contributed by atoms with Gasteiger partial charge in [0.15, 0.2) is 0 Å². The molecular weight excluding hydrogens is 418 g/mol. The lowest BCUT2D eigenvalue weighted by atomic mass is 9.98. The van der Waals surface area contributed by atoms with E-state index in [1.54, 1.807) is 12.1 Å². The van der Waals surface area contributed by atoms with Crippen molar-refractivity contribution in [2.45, 2.75) is 52.7 Å². The number of phenols is 1. The zero-order valence-corrected chi connectivity index (χ0v) is 20.1. The van der Waals surface area contributed by atoms with Crippen molar-refractivity contribution in [3.63, 3.8) is 0 Å². The molecule has 33 heavy (non-hydrogen) atoms. The summed E-state index contributed by atoms with van der Waals surface area (Å²) >= 11 is 0. The van der Waals surface area contributed by atoms with Gasteiger partial charge in [0.05, 0.1) is 37.8 Å². The maximum absolute atomic E-state index is 10.4. The van der Waals surface area contributed by atoms with Crippen LogP contribution < -0.4 is 10.1 Å². The molecule has 0 spiro atoms. The van der Waals surface area contributed by atoms with Crippen LogP contribution in [0.1, 0.15) is 54.3 Å². The second kappa shape index (κ2) is 13.5. The molecule has 0 atom stereocenters. The quantitative estimate of drug-likeness (QED) is 0.398. The minimum absolute atomic E-state index is 0.0856. The summed E-state index contributed by atoms with van der Waals surface area (Å²) in [6, 6.07) is 7.16. The number of rotatable bonds is 13. The molecule has 0 unspecified atom stereocenters. The SMILES string of the molecule is CCCNCCCCOc1c(C)nc(Cc2ccc(O)cc2)c(CO)c1CN1CCOCC1. The van der Waals surface area contributed by atoms with Crippen LogP contribution >= 0.6 is 0 Å². The van der Waals surface area contributed by atoms with Crippen LogP contribution in [0.3, 0.4) is 0 Å². The van der Waals surface area contributed by atoms with E-state index in [1.165, 1.54) is 0 Å². The third-order valence-electron chi connectivity index (χ3n) is 5.99. The first-order valence-electron chi connectivity index (χ1n) is 12.2. The minimum atomic E-state index is -0.0856. The fourth-order valence-corrected chi connectivity index (χ4v) is 4.16. The monoisotopic (exact) mass is 457 g/mol. The number of morpholine rings is 1. The second-order valence-corrected chi connectivity index (χ2v) is 8.63. The van der Waals surface area contributed by atoms with Gasteiger partial charge in [-0.3, -0.25) is 9.88 Å². The van der Waals surface area contributed by atoms with Gasteiger partial charge < -0.3 is 25.0 Å². The van der Waals surface area contributed by atoms with Gasteiger partial charge in [-0.25, -0.2) is 0 Å². The Morgan fingerprint density at radius 3 is 2.55 bits per heavy atom. The summed E-state index contributed by atoms with van der Waals surface area (Å²) in [6.45, 7) is 10.6. The fourth-order valence-electron chi connectivity index (χ4n) is 4.16. The van der Waals surface area contributed by atoms with Gasteiger partial charge in [-0.2, -0.15) is 0 Å². The van der Waals surface area contributed by atoms with E-state index in [9.17, 15) is 10.2 Å². The summed E-state index contributed by atoms with van der Waals surface area (Å²) < 4.78 is 11.8. The Labute approximate surface area is 197 Å². The van der Waals surface area contributed by atoms with Crippen molar-refractivity contribution >= 4 is 0 Å². The molecule has 1 fully saturated rings. The topological polar surface area (TPSA) is 87.1 Å². The van der Waals surface area contributed by atoms with Gasteiger partial charge in [-0.1, -0.05) is 19.1 Å². The average molecular weight is 458 g/mol. The number of nitrogens with zero attached hydrogens (tertiary/aromatic N) is 2. The molecule has 0 aliphatic carbocycles. The van der Waals surface area contributed by atoms with Crippen molar-refractivity contribution in [3.05, 3.63) is 52.3 Å². The number of hydrogen-bond donors (Lipinski definition) is 3. The summed E-state index contributed by atoms with van der Waals surface area (Å²) in [6.07, 6.45) is 3.77. The molecule has 7 nitrogen and oxygen atoms in total. The number of unbranched alkanes of at least 4 members (excludes halogenated alkanes) is 1. The molecule has 2 aromatic rings. The molecule has 182 valence electrons. The number of phenolic OH excluding ortho intramolecular Hbond substituents is 1. The highest BCUT2D eigenvalue weighted by Gasteiger charge is 2.22. The number of hydrogen-bond acceptors (Lipinski definition) is 7. The van der Waals surface area contributed by atoms with E-state index >= 15 is 0 Å². The van der Waals surface area contributed by atoms with Crippen LogP contribution in [-0.2, 0) is 24.3 Å². The van der Waals surface area contributed by atoms with Gasteiger partial charge in [-0.05, 0) is 57.0 Å². The van der Waals surface area contributed by atoms with E-state index in [4.69, 9.17) is 14.5 Å². The first kappa shape index (κ1) is 25.4. The lowest BCUT2D eigenvalue weighted by Crippen LogP contribution is -2.36. The number of pyridine rings is 1. The standard InChI is InChI=1S/C26H39N3O4/c1-3-10-27-11-4-5-14-33-26-20(2)28-25(17-21-6-8-22(31)9-7-21)24(19-30)23(26)18-29-12-15-32-16-13-29/h6-9,27,30-31H,3-5,10-19H2,1-2H3. The summed E-state index contributed by atoms with van der Waals surface area (Å²) in [5.74, 6) is 1.05. The largest absolute Gasteiger partial charge is 0.508 e. The maximum atomic E-state index is 10.4. The molecule has 1 aromatic heterocycles. The van der Waals surface area contributed by atoms with E-state index in [0.717, 1.165) is 92.5 Å². The number of nitrogens with one attached hydrogen (secondary N) is 1. The van der Waals surface area contributed by atoms with E-state index in [1.807, 2.05) is 19.1 Å². The number of aromatic nitrogens is 1. The molecule has 0 radical (unpaired) electrons. The van der Waals surface area contributed by atoms with Crippen LogP contribution in [0, 0.1) is 6.92 Å². The lowest BCUT2D eigenvalue weighted by Gasteiger charge is -2.29. The van der Waals surface area contributed by atoms with E-state index < -0.39 is 0 Å². The number of aryl methyl sites for hydroxylation is 1. The zero-order valence-electron chi connectivity index (χ0n) is 20.1. The summed E-state index contributed by atoms with van der Waals surface area (Å²) in [5.41, 5.74) is 4.64. The predicted octanol–water partition coefficient (Wildman–Crippen LogP) is 3.17. The van der Waals surface area contributed by atoms with Crippen LogP contribution in [-0.4, -0.2) is 66.1 Å². The van der Waals surface area contributed by atoms with Crippen LogP contribution in [0.15, 0.2) is 24.3 Å². The first-order valence-corrected chi connectivity index (χ1v) is 12.2. The highest BCUT2D eigenvalue weighted by molar-refractivity contribution is 5.46. The molecule has 2 heterocycles. The van der Waals surface area contributed by atoms with Gasteiger partial charge in [0.25, 0.3) is 0 Å². The molecule has 7 heteroatoms. The Balaban J connectivity index is 1.81. The molecule has 3 N–H and O–H groups in total. The molecule has 0 amide bonds. The summed E-state index contributed by atoms with van der Waals surface area (Å²) in [7, 11) is 0. The number of aliphatic hydroxyl groups excluding tert-OH is 1. The predicted molar refractivity (Wildman–Crippen MR) is 130 cm³/mol. The van der Waals surface area contributed by atoms with Crippen LogP contribution in [0.25, 0.3) is 0 Å². The van der Waals surface area contributed by atoms with E-state index in [0.29, 0.717) is 19.6 Å². The molecule has 3 rings (SSSR count). The number of aliphatic hydroxyl groups is 1. The maximum Gasteiger partial charge on any atom is 0.145 e. The summed E-state index contributed by atoms with van der Waals surface area (Å²) in [5, 5.41) is 23.4. The first-order chi connectivity index (χ1) is 16.1. The minimum Gasteiger partial charge on any atom is -0.508 e. The molecule has 0 bridgehead atoms. The Hall–Kier alpha value is -2.19. The van der Waals surface area contributed by atoms with Crippen molar-refractivity contribution in [2.75, 3.05) is 46.0 Å². The van der Waals surface area contributed by atoms with Gasteiger partial charge in [0.2, 0.25) is 0 Å². The van der Waals surface area contributed by atoms with Gasteiger partial charge in [-0.15, -0.1) is 0 Å². The summed E-state index contributed by atoms with van der Waals surface area (Å²) in [4.78, 5) is 7.20. The molecular formula is C26H39N3O4.